The molecule has 0 amide bonds. The van der Waals surface area contributed by atoms with Crippen molar-refractivity contribution in [2.45, 2.75) is 19.2 Å². The third-order valence-electron chi connectivity index (χ3n) is 3.97. The predicted molar refractivity (Wildman–Crippen MR) is 99.2 cm³/mol. The number of benzene rings is 1. The molecule has 0 saturated carbocycles. The van der Waals surface area contributed by atoms with E-state index in [0.29, 0.717) is 16.9 Å². The number of pyridine rings is 2. The maximum absolute atomic E-state index is 13.2. The van der Waals surface area contributed by atoms with E-state index in [1.54, 1.807) is 6.92 Å². The molecule has 2 aromatic heterocycles. The standard InChI is InChI=1S/C21H15F4N3O2/c1-13(30-17-6-7-27-20(9-17)21(23,24)25)12-29-19-11-28-16(10-26)8-18(19)14-2-4-15(22)5-3-14/h2-9,11,13H,12H2,1H3. The Morgan fingerprint density at radius 2 is 1.83 bits per heavy atom. The van der Waals surface area contributed by atoms with Gasteiger partial charge in [-0.1, -0.05) is 12.1 Å². The van der Waals surface area contributed by atoms with Crippen LogP contribution in [0.5, 0.6) is 11.5 Å². The van der Waals surface area contributed by atoms with Crippen molar-refractivity contribution < 1.29 is 27.0 Å². The zero-order valence-corrected chi connectivity index (χ0v) is 15.7. The molecule has 0 saturated heterocycles. The van der Waals surface area contributed by atoms with Crippen molar-refractivity contribution in [3.8, 4) is 28.7 Å². The van der Waals surface area contributed by atoms with Crippen LogP contribution < -0.4 is 9.47 Å². The SMILES string of the molecule is CC(COc1cnc(C#N)cc1-c1ccc(F)cc1)Oc1ccnc(C(F)(F)F)c1. The summed E-state index contributed by atoms with van der Waals surface area (Å²) in [7, 11) is 0. The lowest BCUT2D eigenvalue weighted by atomic mass is 10.1. The molecule has 154 valence electrons. The van der Waals surface area contributed by atoms with Gasteiger partial charge in [0, 0.05) is 17.8 Å². The van der Waals surface area contributed by atoms with Crippen molar-refractivity contribution in [2.75, 3.05) is 6.61 Å². The highest BCUT2D eigenvalue weighted by molar-refractivity contribution is 5.70. The first-order valence-electron chi connectivity index (χ1n) is 8.75. The summed E-state index contributed by atoms with van der Waals surface area (Å²) in [6, 6.07) is 11.2. The van der Waals surface area contributed by atoms with E-state index >= 15 is 0 Å². The number of hydrogen-bond acceptors (Lipinski definition) is 5. The molecule has 0 radical (unpaired) electrons. The fourth-order valence-electron chi connectivity index (χ4n) is 2.59. The molecular formula is C21H15F4N3O2. The number of alkyl halides is 3. The van der Waals surface area contributed by atoms with Gasteiger partial charge in [-0.15, -0.1) is 0 Å². The topological polar surface area (TPSA) is 68.0 Å². The molecular weight excluding hydrogens is 402 g/mol. The van der Waals surface area contributed by atoms with E-state index in [9.17, 15) is 17.6 Å². The quantitative estimate of drug-likeness (QED) is 0.527. The molecule has 0 aliphatic rings. The molecule has 9 heteroatoms. The van der Waals surface area contributed by atoms with Crippen molar-refractivity contribution in [3.63, 3.8) is 0 Å². The number of halogens is 4. The fourth-order valence-corrected chi connectivity index (χ4v) is 2.59. The number of rotatable bonds is 6. The lowest BCUT2D eigenvalue weighted by Crippen LogP contribution is -2.21. The largest absolute Gasteiger partial charge is 0.487 e. The summed E-state index contributed by atoms with van der Waals surface area (Å²) in [6.45, 7) is 1.62. The average Bonchev–Trinajstić information content (AvgIpc) is 2.72. The van der Waals surface area contributed by atoms with Crippen LogP contribution in [0.2, 0.25) is 0 Å². The van der Waals surface area contributed by atoms with Gasteiger partial charge in [-0.3, -0.25) is 4.98 Å². The van der Waals surface area contributed by atoms with Crippen LogP contribution in [0, 0.1) is 17.1 Å². The monoisotopic (exact) mass is 417 g/mol. The van der Waals surface area contributed by atoms with Crippen LogP contribution in [0.15, 0.2) is 54.9 Å². The van der Waals surface area contributed by atoms with Crippen molar-refractivity contribution in [2.24, 2.45) is 0 Å². The summed E-state index contributed by atoms with van der Waals surface area (Å²) >= 11 is 0. The Bertz CT molecular complexity index is 1060. The van der Waals surface area contributed by atoms with Crippen LogP contribution in [-0.4, -0.2) is 22.7 Å². The lowest BCUT2D eigenvalue weighted by molar-refractivity contribution is -0.141. The molecule has 0 fully saturated rings. The molecule has 0 spiro atoms. The Morgan fingerprint density at radius 3 is 2.50 bits per heavy atom. The molecule has 3 rings (SSSR count). The molecule has 0 bridgehead atoms. The van der Waals surface area contributed by atoms with Crippen molar-refractivity contribution >= 4 is 0 Å². The zero-order valence-electron chi connectivity index (χ0n) is 15.7. The number of hydrogen-bond donors (Lipinski definition) is 0. The van der Waals surface area contributed by atoms with Gasteiger partial charge in [0.25, 0.3) is 0 Å². The van der Waals surface area contributed by atoms with Crippen molar-refractivity contribution in [1.29, 1.82) is 5.26 Å². The molecule has 1 unspecified atom stereocenters. The van der Waals surface area contributed by atoms with Crippen molar-refractivity contribution in [3.05, 3.63) is 72.1 Å². The van der Waals surface area contributed by atoms with Crippen LogP contribution in [0.4, 0.5) is 17.6 Å². The Morgan fingerprint density at radius 1 is 1.10 bits per heavy atom. The maximum Gasteiger partial charge on any atom is 0.433 e. The lowest BCUT2D eigenvalue weighted by Gasteiger charge is -2.18. The molecule has 5 nitrogen and oxygen atoms in total. The van der Waals surface area contributed by atoms with Crippen LogP contribution >= 0.6 is 0 Å². The Balaban J connectivity index is 1.74. The van der Waals surface area contributed by atoms with E-state index in [2.05, 4.69) is 9.97 Å². The molecule has 1 atom stereocenters. The van der Waals surface area contributed by atoms with E-state index in [0.717, 1.165) is 12.3 Å². The smallest absolute Gasteiger partial charge is 0.433 e. The second-order valence-electron chi connectivity index (χ2n) is 6.30. The zero-order chi connectivity index (χ0) is 21.7. The van der Waals surface area contributed by atoms with Gasteiger partial charge in [0.05, 0.1) is 6.20 Å². The highest BCUT2D eigenvalue weighted by atomic mass is 19.4. The third-order valence-corrected chi connectivity index (χ3v) is 3.97. The van der Waals surface area contributed by atoms with Gasteiger partial charge in [0.1, 0.15) is 47.5 Å². The first-order chi connectivity index (χ1) is 14.3. The first-order valence-corrected chi connectivity index (χ1v) is 8.75. The van der Waals surface area contributed by atoms with E-state index in [4.69, 9.17) is 14.7 Å². The van der Waals surface area contributed by atoms with Gasteiger partial charge in [0.2, 0.25) is 0 Å². The average molecular weight is 417 g/mol. The van der Waals surface area contributed by atoms with Gasteiger partial charge < -0.3 is 9.47 Å². The number of aromatic nitrogens is 2. The summed E-state index contributed by atoms with van der Waals surface area (Å²) in [4.78, 5) is 7.25. The highest BCUT2D eigenvalue weighted by Gasteiger charge is 2.32. The molecule has 30 heavy (non-hydrogen) atoms. The van der Waals surface area contributed by atoms with E-state index in [1.807, 2.05) is 6.07 Å². The molecule has 2 heterocycles. The number of ether oxygens (including phenoxy) is 2. The normalized spacial score (nSPS) is 12.1. The second kappa shape index (κ2) is 8.78. The molecule has 0 aliphatic carbocycles. The Kier molecular flexibility index (Phi) is 6.16. The fraction of sp³-hybridized carbons (Fsp3) is 0.190. The van der Waals surface area contributed by atoms with Gasteiger partial charge in [0.15, 0.2) is 0 Å². The van der Waals surface area contributed by atoms with Crippen LogP contribution in [0.3, 0.4) is 0 Å². The molecule has 0 N–H and O–H groups in total. The number of nitriles is 1. The van der Waals surface area contributed by atoms with Gasteiger partial charge in [-0.25, -0.2) is 9.37 Å². The van der Waals surface area contributed by atoms with Crippen LogP contribution in [0.1, 0.15) is 18.3 Å². The summed E-state index contributed by atoms with van der Waals surface area (Å²) in [5.41, 5.74) is 0.241. The highest BCUT2D eigenvalue weighted by Crippen LogP contribution is 2.31. The van der Waals surface area contributed by atoms with Crippen LogP contribution in [0.25, 0.3) is 11.1 Å². The summed E-state index contributed by atoms with van der Waals surface area (Å²) < 4.78 is 62.8. The summed E-state index contributed by atoms with van der Waals surface area (Å²) in [5.74, 6) is -0.0831. The molecule has 1 aromatic carbocycles. The predicted octanol–water partition coefficient (Wildman–Crippen LogP) is 5.02. The van der Waals surface area contributed by atoms with Gasteiger partial charge >= 0.3 is 6.18 Å². The Labute approximate surface area is 169 Å². The summed E-state index contributed by atoms with van der Waals surface area (Å²) in [5, 5.41) is 9.09. The Hall–Kier alpha value is -3.67. The van der Waals surface area contributed by atoms with E-state index < -0.39 is 23.8 Å². The van der Waals surface area contributed by atoms with Crippen LogP contribution in [-0.2, 0) is 6.18 Å². The summed E-state index contributed by atoms with van der Waals surface area (Å²) in [6.07, 6.45) is -2.80. The minimum absolute atomic E-state index is 0.00476. The maximum atomic E-state index is 13.2. The second-order valence-corrected chi connectivity index (χ2v) is 6.30. The van der Waals surface area contributed by atoms with Crippen molar-refractivity contribution in [1.82, 2.24) is 9.97 Å². The first kappa shape index (κ1) is 21.0. The van der Waals surface area contributed by atoms with Gasteiger partial charge in [-0.05, 0) is 36.8 Å². The van der Waals surface area contributed by atoms with E-state index in [-0.39, 0.29) is 18.1 Å². The van der Waals surface area contributed by atoms with E-state index in [1.165, 1.54) is 42.6 Å². The number of nitrogens with zero attached hydrogens (tertiary/aromatic N) is 3. The molecule has 3 aromatic rings. The minimum Gasteiger partial charge on any atom is -0.487 e. The van der Waals surface area contributed by atoms with Gasteiger partial charge in [-0.2, -0.15) is 18.4 Å². The molecule has 0 aliphatic heterocycles. The third kappa shape index (κ3) is 5.23. The minimum atomic E-state index is -4.57.